The Labute approximate surface area is 161 Å². The van der Waals surface area contributed by atoms with E-state index in [-0.39, 0.29) is 11.8 Å². The zero-order valence-electron chi connectivity index (χ0n) is 16.8. The summed E-state index contributed by atoms with van der Waals surface area (Å²) < 4.78 is 5.97. The van der Waals surface area contributed by atoms with Crippen LogP contribution < -0.4 is 15.4 Å². The van der Waals surface area contributed by atoms with Crippen LogP contribution in [-0.2, 0) is 9.59 Å². The number of benzene rings is 2. The standard InChI is InChI=1S/C22H28N2O3/c1-13(2)19-10-7-14(3)11-21(19)27-16(5)22(26)24-20-12-18(23-17(6)25)9-8-15(20)4/h7-13,16H,1-6H3,(H,23,25)(H,24,26). The quantitative estimate of drug-likeness (QED) is 0.770. The lowest BCUT2D eigenvalue weighted by atomic mass is 10.0. The molecule has 0 saturated heterocycles. The highest BCUT2D eigenvalue weighted by Gasteiger charge is 2.18. The molecule has 0 aliphatic heterocycles. The van der Waals surface area contributed by atoms with E-state index in [1.54, 1.807) is 19.1 Å². The molecule has 2 aromatic carbocycles. The number of anilines is 2. The molecule has 0 aromatic heterocycles. The van der Waals surface area contributed by atoms with Gasteiger partial charge >= 0.3 is 0 Å². The van der Waals surface area contributed by atoms with Gasteiger partial charge in [0, 0.05) is 18.3 Å². The predicted octanol–water partition coefficient (Wildman–Crippen LogP) is 4.79. The lowest BCUT2D eigenvalue weighted by Gasteiger charge is -2.20. The number of hydrogen-bond donors (Lipinski definition) is 2. The van der Waals surface area contributed by atoms with Crippen molar-refractivity contribution in [2.24, 2.45) is 0 Å². The molecule has 0 aliphatic carbocycles. The summed E-state index contributed by atoms with van der Waals surface area (Å²) in [6.45, 7) is 11.3. The molecule has 0 radical (unpaired) electrons. The maximum atomic E-state index is 12.6. The number of amides is 2. The van der Waals surface area contributed by atoms with Crippen molar-refractivity contribution >= 4 is 23.2 Å². The minimum absolute atomic E-state index is 0.159. The van der Waals surface area contributed by atoms with E-state index in [0.717, 1.165) is 22.4 Å². The van der Waals surface area contributed by atoms with Gasteiger partial charge < -0.3 is 15.4 Å². The Morgan fingerprint density at radius 1 is 0.963 bits per heavy atom. The molecule has 27 heavy (non-hydrogen) atoms. The monoisotopic (exact) mass is 368 g/mol. The molecule has 5 heteroatoms. The number of aryl methyl sites for hydroxylation is 2. The Balaban J connectivity index is 2.15. The molecule has 0 aliphatic rings. The highest BCUT2D eigenvalue weighted by atomic mass is 16.5. The molecule has 2 rings (SSSR count). The third-order valence-electron chi connectivity index (χ3n) is 4.28. The minimum atomic E-state index is -0.659. The molecule has 144 valence electrons. The number of hydrogen-bond acceptors (Lipinski definition) is 3. The van der Waals surface area contributed by atoms with E-state index in [1.807, 2.05) is 38.1 Å². The highest BCUT2D eigenvalue weighted by molar-refractivity contribution is 5.96. The van der Waals surface area contributed by atoms with E-state index < -0.39 is 6.10 Å². The lowest BCUT2D eigenvalue weighted by Crippen LogP contribution is -2.30. The van der Waals surface area contributed by atoms with Gasteiger partial charge in [0.25, 0.3) is 5.91 Å². The Hall–Kier alpha value is -2.82. The van der Waals surface area contributed by atoms with Crippen molar-refractivity contribution in [3.8, 4) is 5.75 Å². The maximum Gasteiger partial charge on any atom is 0.265 e. The van der Waals surface area contributed by atoms with Crippen molar-refractivity contribution in [2.45, 2.75) is 53.6 Å². The largest absolute Gasteiger partial charge is 0.481 e. The molecule has 0 heterocycles. The normalized spacial score (nSPS) is 11.8. The smallest absolute Gasteiger partial charge is 0.265 e. The van der Waals surface area contributed by atoms with Gasteiger partial charge in [0.1, 0.15) is 5.75 Å². The molecular weight excluding hydrogens is 340 g/mol. The second-order valence-electron chi connectivity index (χ2n) is 7.16. The van der Waals surface area contributed by atoms with Gasteiger partial charge in [-0.05, 0) is 61.6 Å². The molecule has 1 unspecified atom stereocenters. The first-order valence-corrected chi connectivity index (χ1v) is 9.13. The van der Waals surface area contributed by atoms with Gasteiger partial charge in [0.05, 0.1) is 0 Å². The van der Waals surface area contributed by atoms with E-state index in [4.69, 9.17) is 4.74 Å². The number of carbonyl (C=O) groups is 2. The summed E-state index contributed by atoms with van der Waals surface area (Å²) in [5.74, 6) is 0.631. The fourth-order valence-corrected chi connectivity index (χ4v) is 2.74. The summed E-state index contributed by atoms with van der Waals surface area (Å²) in [7, 11) is 0. The molecular formula is C22H28N2O3. The first-order chi connectivity index (χ1) is 12.7. The summed E-state index contributed by atoms with van der Waals surface area (Å²) >= 11 is 0. The average molecular weight is 368 g/mol. The zero-order chi connectivity index (χ0) is 20.1. The summed E-state index contributed by atoms with van der Waals surface area (Å²) in [5, 5.41) is 5.61. The molecule has 1 atom stereocenters. The Bertz CT molecular complexity index is 843. The Morgan fingerprint density at radius 2 is 1.67 bits per heavy atom. The zero-order valence-corrected chi connectivity index (χ0v) is 16.8. The second kappa shape index (κ2) is 8.71. The van der Waals surface area contributed by atoms with Crippen LogP contribution in [0.5, 0.6) is 5.75 Å². The third kappa shape index (κ3) is 5.58. The van der Waals surface area contributed by atoms with Crippen LogP contribution in [0.25, 0.3) is 0 Å². The summed E-state index contributed by atoms with van der Waals surface area (Å²) in [4.78, 5) is 23.9. The third-order valence-corrected chi connectivity index (χ3v) is 4.28. The average Bonchev–Trinajstić information content (AvgIpc) is 2.57. The molecule has 0 bridgehead atoms. The lowest BCUT2D eigenvalue weighted by molar-refractivity contribution is -0.122. The maximum absolute atomic E-state index is 12.6. The SMILES string of the molecule is CC(=O)Nc1ccc(C)c(NC(=O)C(C)Oc2cc(C)ccc2C(C)C)c1. The van der Waals surface area contributed by atoms with Gasteiger partial charge in [-0.2, -0.15) is 0 Å². The molecule has 5 nitrogen and oxygen atoms in total. The Morgan fingerprint density at radius 3 is 2.30 bits per heavy atom. The van der Waals surface area contributed by atoms with E-state index in [1.165, 1.54) is 6.92 Å². The second-order valence-corrected chi connectivity index (χ2v) is 7.16. The molecule has 2 N–H and O–H groups in total. The van der Waals surface area contributed by atoms with Crippen LogP contribution in [0.2, 0.25) is 0 Å². The van der Waals surface area contributed by atoms with Crippen molar-refractivity contribution in [2.75, 3.05) is 10.6 Å². The van der Waals surface area contributed by atoms with Crippen LogP contribution >= 0.6 is 0 Å². The first kappa shape index (κ1) is 20.5. The van der Waals surface area contributed by atoms with Gasteiger partial charge in [0.15, 0.2) is 6.10 Å². The van der Waals surface area contributed by atoms with Crippen molar-refractivity contribution < 1.29 is 14.3 Å². The van der Waals surface area contributed by atoms with Gasteiger partial charge in [-0.3, -0.25) is 9.59 Å². The van der Waals surface area contributed by atoms with E-state index >= 15 is 0 Å². The van der Waals surface area contributed by atoms with Gasteiger partial charge in [-0.25, -0.2) is 0 Å². The fourth-order valence-electron chi connectivity index (χ4n) is 2.74. The van der Waals surface area contributed by atoms with E-state index in [9.17, 15) is 9.59 Å². The predicted molar refractivity (Wildman–Crippen MR) is 109 cm³/mol. The number of nitrogens with one attached hydrogen (secondary N) is 2. The highest BCUT2D eigenvalue weighted by Crippen LogP contribution is 2.28. The summed E-state index contributed by atoms with van der Waals surface area (Å²) in [5.41, 5.74) is 4.35. The van der Waals surface area contributed by atoms with Crippen LogP contribution in [0.1, 0.15) is 50.3 Å². The van der Waals surface area contributed by atoms with Crippen LogP contribution in [0.3, 0.4) is 0 Å². The van der Waals surface area contributed by atoms with Crippen LogP contribution in [0, 0.1) is 13.8 Å². The Kier molecular flexibility index (Phi) is 6.61. The molecule has 0 spiro atoms. The van der Waals surface area contributed by atoms with Crippen LogP contribution in [-0.4, -0.2) is 17.9 Å². The van der Waals surface area contributed by atoms with Crippen LogP contribution in [0.4, 0.5) is 11.4 Å². The number of ether oxygens (including phenoxy) is 1. The molecule has 2 aromatic rings. The van der Waals surface area contributed by atoms with Gasteiger partial charge in [-0.1, -0.05) is 32.0 Å². The van der Waals surface area contributed by atoms with Crippen molar-refractivity contribution in [1.29, 1.82) is 0 Å². The summed E-state index contributed by atoms with van der Waals surface area (Å²) in [6, 6.07) is 11.4. The molecule has 0 saturated carbocycles. The minimum Gasteiger partial charge on any atom is -0.481 e. The van der Waals surface area contributed by atoms with Crippen molar-refractivity contribution in [3.05, 3.63) is 53.1 Å². The van der Waals surface area contributed by atoms with E-state index in [0.29, 0.717) is 17.3 Å². The topological polar surface area (TPSA) is 67.4 Å². The summed E-state index contributed by atoms with van der Waals surface area (Å²) in [6.07, 6.45) is -0.659. The number of carbonyl (C=O) groups excluding carboxylic acids is 2. The number of rotatable bonds is 6. The molecule has 0 fully saturated rings. The fraction of sp³-hybridized carbons (Fsp3) is 0.364. The van der Waals surface area contributed by atoms with E-state index in [2.05, 4.69) is 24.5 Å². The van der Waals surface area contributed by atoms with Crippen molar-refractivity contribution in [1.82, 2.24) is 0 Å². The van der Waals surface area contributed by atoms with Crippen molar-refractivity contribution in [3.63, 3.8) is 0 Å². The molecule has 2 amide bonds. The first-order valence-electron chi connectivity index (χ1n) is 9.13. The van der Waals surface area contributed by atoms with Gasteiger partial charge in [-0.15, -0.1) is 0 Å². The van der Waals surface area contributed by atoms with Crippen LogP contribution in [0.15, 0.2) is 36.4 Å². The van der Waals surface area contributed by atoms with Gasteiger partial charge in [0.2, 0.25) is 5.91 Å².